The lowest BCUT2D eigenvalue weighted by atomic mass is 10.0. The van der Waals surface area contributed by atoms with Gasteiger partial charge in [0.05, 0.1) is 11.5 Å². The largest absolute Gasteiger partial charge is 0.198 e. The van der Waals surface area contributed by atoms with E-state index >= 15 is 0 Å². The molecule has 1 aliphatic rings. The van der Waals surface area contributed by atoms with Gasteiger partial charge in [0, 0.05) is 0 Å². The zero-order valence-corrected chi connectivity index (χ0v) is 6.27. The molecule has 0 N–H and O–H groups in total. The Kier molecular flexibility index (Phi) is 2.11. The van der Waals surface area contributed by atoms with Crippen molar-refractivity contribution >= 4 is 0 Å². The van der Waals surface area contributed by atoms with Gasteiger partial charge in [0.2, 0.25) is 0 Å². The molecule has 54 valence electrons. The lowest BCUT2D eigenvalue weighted by Gasteiger charge is -2.01. The Hall–Kier alpha value is -0.770. The van der Waals surface area contributed by atoms with Crippen molar-refractivity contribution < 1.29 is 0 Å². The van der Waals surface area contributed by atoms with E-state index in [0.717, 1.165) is 32.1 Å². The van der Waals surface area contributed by atoms with Crippen molar-refractivity contribution in [2.75, 3.05) is 0 Å². The summed E-state index contributed by atoms with van der Waals surface area (Å²) in [5.74, 6) is 0. The first-order valence-electron chi connectivity index (χ1n) is 3.85. The van der Waals surface area contributed by atoms with Gasteiger partial charge >= 0.3 is 0 Å². The molecule has 0 unspecified atom stereocenters. The zero-order valence-electron chi connectivity index (χ0n) is 6.27. The third-order valence-electron chi connectivity index (χ3n) is 2.15. The number of allylic oxidation sites excluding steroid dienone is 1. The van der Waals surface area contributed by atoms with E-state index in [1.165, 1.54) is 0 Å². The summed E-state index contributed by atoms with van der Waals surface area (Å²) >= 11 is 0. The Bertz CT molecular complexity index is 160. The van der Waals surface area contributed by atoms with Crippen molar-refractivity contribution in [2.45, 2.75) is 32.1 Å². The highest BCUT2D eigenvalue weighted by Gasteiger charge is 2.41. The van der Waals surface area contributed by atoms with Crippen LogP contribution in [0, 0.1) is 16.7 Å². The molecule has 0 radical (unpaired) electrons. The van der Waals surface area contributed by atoms with Gasteiger partial charge < -0.3 is 0 Å². The third kappa shape index (κ3) is 1.60. The summed E-state index contributed by atoms with van der Waals surface area (Å²) in [6, 6.07) is 2.38. The molecule has 0 aromatic heterocycles. The SMILES string of the molecule is C=CCCCC1(C#N)CC1. The number of nitriles is 1. The molecule has 0 aromatic carbocycles. The lowest BCUT2D eigenvalue weighted by molar-refractivity contribution is 0.568. The van der Waals surface area contributed by atoms with Gasteiger partial charge in [-0.1, -0.05) is 6.08 Å². The predicted octanol–water partition coefficient (Wildman–Crippen LogP) is 2.65. The molecule has 1 heteroatoms. The van der Waals surface area contributed by atoms with Gasteiger partial charge in [0.15, 0.2) is 0 Å². The zero-order chi connectivity index (χ0) is 7.45. The fraction of sp³-hybridized carbons (Fsp3) is 0.667. The monoisotopic (exact) mass is 135 g/mol. The van der Waals surface area contributed by atoms with Gasteiger partial charge in [-0.15, -0.1) is 6.58 Å². The summed E-state index contributed by atoms with van der Waals surface area (Å²) in [5, 5.41) is 8.68. The van der Waals surface area contributed by atoms with Crippen molar-refractivity contribution in [1.82, 2.24) is 0 Å². The number of unbranched alkanes of at least 4 members (excludes halogenated alkanes) is 1. The molecular weight excluding hydrogens is 122 g/mol. The molecular formula is C9H13N. The molecule has 1 rings (SSSR count). The second-order valence-electron chi connectivity index (χ2n) is 3.07. The van der Waals surface area contributed by atoms with Gasteiger partial charge in [-0.2, -0.15) is 5.26 Å². The van der Waals surface area contributed by atoms with Crippen LogP contribution in [0.15, 0.2) is 12.7 Å². The molecule has 0 bridgehead atoms. The minimum atomic E-state index is 0.100. The molecule has 1 aliphatic carbocycles. The van der Waals surface area contributed by atoms with Crippen LogP contribution in [-0.2, 0) is 0 Å². The minimum absolute atomic E-state index is 0.100. The summed E-state index contributed by atoms with van der Waals surface area (Å²) in [5.41, 5.74) is 0.100. The van der Waals surface area contributed by atoms with Crippen molar-refractivity contribution in [1.29, 1.82) is 5.26 Å². The smallest absolute Gasteiger partial charge is 0.0689 e. The topological polar surface area (TPSA) is 23.8 Å². The van der Waals surface area contributed by atoms with E-state index in [1.807, 2.05) is 6.08 Å². The maximum Gasteiger partial charge on any atom is 0.0689 e. The van der Waals surface area contributed by atoms with Gasteiger partial charge in [-0.25, -0.2) is 0 Å². The summed E-state index contributed by atoms with van der Waals surface area (Å²) in [6.07, 6.45) is 7.45. The van der Waals surface area contributed by atoms with Crippen LogP contribution in [-0.4, -0.2) is 0 Å². The molecule has 0 saturated heterocycles. The third-order valence-corrected chi connectivity index (χ3v) is 2.15. The Balaban J connectivity index is 2.14. The predicted molar refractivity (Wildman–Crippen MR) is 41.3 cm³/mol. The van der Waals surface area contributed by atoms with Crippen LogP contribution < -0.4 is 0 Å². The molecule has 0 spiro atoms. The first-order valence-corrected chi connectivity index (χ1v) is 3.85. The standard InChI is InChI=1S/C9H13N/c1-2-3-4-5-9(8-10)6-7-9/h2H,1,3-7H2. The fourth-order valence-corrected chi connectivity index (χ4v) is 1.15. The first-order chi connectivity index (χ1) is 4.83. The van der Waals surface area contributed by atoms with E-state index in [-0.39, 0.29) is 5.41 Å². The number of hydrogen-bond donors (Lipinski definition) is 0. The average molecular weight is 135 g/mol. The van der Waals surface area contributed by atoms with Gasteiger partial charge in [-0.3, -0.25) is 0 Å². The highest BCUT2D eigenvalue weighted by molar-refractivity contribution is 5.09. The second kappa shape index (κ2) is 2.88. The highest BCUT2D eigenvalue weighted by Crippen LogP contribution is 2.48. The van der Waals surface area contributed by atoms with Gasteiger partial charge in [0.25, 0.3) is 0 Å². The number of rotatable bonds is 4. The molecule has 0 aliphatic heterocycles. The quantitative estimate of drug-likeness (QED) is 0.429. The normalized spacial score (nSPS) is 19.5. The number of nitrogens with zero attached hydrogens (tertiary/aromatic N) is 1. The first kappa shape index (κ1) is 7.34. The Labute approximate surface area is 62.4 Å². The summed E-state index contributed by atoms with van der Waals surface area (Å²) in [7, 11) is 0. The summed E-state index contributed by atoms with van der Waals surface area (Å²) < 4.78 is 0. The van der Waals surface area contributed by atoms with Crippen LogP contribution in [0.3, 0.4) is 0 Å². The Morgan fingerprint density at radius 1 is 1.60 bits per heavy atom. The van der Waals surface area contributed by atoms with Crippen molar-refractivity contribution in [3.8, 4) is 6.07 Å². The molecule has 10 heavy (non-hydrogen) atoms. The van der Waals surface area contributed by atoms with Gasteiger partial charge in [0.1, 0.15) is 0 Å². The van der Waals surface area contributed by atoms with Crippen LogP contribution >= 0.6 is 0 Å². The maximum absolute atomic E-state index is 8.68. The summed E-state index contributed by atoms with van der Waals surface area (Å²) in [4.78, 5) is 0. The lowest BCUT2D eigenvalue weighted by Crippen LogP contribution is -1.94. The van der Waals surface area contributed by atoms with Crippen molar-refractivity contribution in [3.63, 3.8) is 0 Å². The van der Waals surface area contributed by atoms with Gasteiger partial charge in [-0.05, 0) is 32.1 Å². The van der Waals surface area contributed by atoms with Crippen LogP contribution in [0.5, 0.6) is 0 Å². The van der Waals surface area contributed by atoms with E-state index in [9.17, 15) is 0 Å². The van der Waals surface area contributed by atoms with E-state index in [0.29, 0.717) is 0 Å². The van der Waals surface area contributed by atoms with Crippen LogP contribution in [0.25, 0.3) is 0 Å². The van der Waals surface area contributed by atoms with E-state index in [4.69, 9.17) is 5.26 Å². The van der Waals surface area contributed by atoms with E-state index < -0.39 is 0 Å². The molecule has 0 atom stereocenters. The van der Waals surface area contributed by atoms with Crippen molar-refractivity contribution in [3.05, 3.63) is 12.7 Å². The average Bonchev–Trinajstić information content (AvgIpc) is 2.70. The highest BCUT2D eigenvalue weighted by atomic mass is 14.5. The van der Waals surface area contributed by atoms with Crippen molar-refractivity contribution in [2.24, 2.45) is 5.41 Å². The molecule has 1 fully saturated rings. The molecule has 0 amide bonds. The summed E-state index contributed by atoms with van der Waals surface area (Å²) in [6.45, 7) is 3.64. The molecule has 0 heterocycles. The Morgan fingerprint density at radius 2 is 2.30 bits per heavy atom. The van der Waals surface area contributed by atoms with E-state index in [2.05, 4.69) is 12.6 Å². The van der Waals surface area contributed by atoms with Crippen LogP contribution in [0.1, 0.15) is 32.1 Å². The molecule has 1 saturated carbocycles. The molecule has 1 nitrogen and oxygen atoms in total. The van der Waals surface area contributed by atoms with Crippen LogP contribution in [0.4, 0.5) is 0 Å². The van der Waals surface area contributed by atoms with E-state index in [1.54, 1.807) is 0 Å². The fourth-order valence-electron chi connectivity index (χ4n) is 1.15. The van der Waals surface area contributed by atoms with Crippen LogP contribution in [0.2, 0.25) is 0 Å². The number of hydrogen-bond acceptors (Lipinski definition) is 1. The second-order valence-corrected chi connectivity index (χ2v) is 3.07. The Morgan fingerprint density at radius 3 is 2.70 bits per heavy atom. The minimum Gasteiger partial charge on any atom is -0.198 e. The molecule has 0 aromatic rings. The maximum atomic E-state index is 8.68.